The molecule has 2 aromatic rings. The van der Waals surface area contributed by atoms with Crippen LogP contribution in [0.3, 0.4) is 0 Å². The fraction of sp³-hybridized carbons (Fsp3) is 0.308. The van der Waals surface area contributed by atoms with Crippen LogP contribution in [0.1, 0.15) is 29.8 Å². The van der Waals surface area contributed by atoms with Gasteiger partial charge in [-0.05, 0) is 53.0 Å². The third-order valence-corrected chi connectivity index (χ3v) is 4.22. The van der Waals surface area contributed by atoms with Crippen LogP contribution in [0.25, 0.3) is 0 Å². The third kappa shape index (κ3) is 2.91. The third-order valence-electron chi connectivity index (χ3n) is 3.12. The topological polar surface area (TPSA) is 55.9 Å². The van der Waals surface area contributed by atoms with E-state index in [2.05, 4.69) is 68.4 Å². The zero-order chi connectivity index (χ0) is 14.0. The minimum absolute atomic E-state index is 0.0927. The van der Waals surface area contributed by atoms with Gasteiger partial charge in [0.05, 0.1) is 22.4 Å². The van der Waals surface area contributed by atoms with Crippen LogP contribution in [0.5, 0.6) is 0 Å². The van der Waals surface area contributed by atoms with E-state index >= 15 is 0 Å². The molecule has 0 aliphatic rings. The molecule has 1 atom stereocenters. The number of hydrazine groups is 1. The molecule has 1 aromatic carbocycles. The maximum atomic E-state index is 5.77. The van der Waals surface area contributed by atoms with E-state index < -0.39 is 0 Å². The number of hydrogen-bond donors (Lipinski definition) is 2. The van der Waals surface area contributed by atoms with Gasteiger partial charge in [0.25, 0.3) is 0 Å². The van der Waals surface area contributed by atoms with Crippen molar-refractivity contribution in [3.63, 3.8) is 0 Å². The lowest BCUT2D eigenvalue weighted by Gasteiger charge is -2.20. The first-order chi connectivity index (χ1) is 9.08. The van der Waals surface area contributed by atoms with Gasteiger partial charge in [-0.2, -0.15) is 5.10 Å². The zero-order valence-corrected chi connectivity index (χ0v) is 14.0. The van der Waals surface area contributed by atoms with Gasteiger partial charge in [-0.3, -0.25) is 10.5 Å². The van der Waals surface area contributed by atoms with E-state index in [9.17, 15) is 0 Å². The van der Waals surface area contributed by atoms with Gasteiger partial charge in [0, 0.05) is 11.0 Å². The molecule has 1 aromatic heterocycles. The normalized spacial score (nSPS) is 12.7. The average Bonchev–Trinajstić information content (AvgIpc) is 2.74. The van der Waals surface area contributed by atoms with Crippen LogP contribution in [-0.4, -0.2) is 9.78 Å². The van der Waals surface area contributed by atoms with Gasteiger partial charge in [0.15, 0.2) is 0 Å². The molecule has 2 rings (SSSR count). The Bertz CT molecular complexity index is 580. The number of nitrogens with zero attached hydrogens (tertiary/aromatic N) is 2. The number of hydrogen-bond acceptors (Lipinski definition) is 3. The SMILES string of the molecule is CCn1ncc(Br)c1C(NN)c1ccc(Br)cc1C. The second-order valence-corrected chi connectivity index (χ2v) is 6.06. The van der Waals surface area contributed by atoms with Crippen LogP contribution in [0, 0.1) is 6.92 Å². The number of aromatic nitrogens is 2. The van der Waals surface area contributed by atoms with Gasteiger partial charge < -0.3 is 0 Å². The van der Waals surface area contributed by atoms with Crippen molar-refractivity contribution < 1.29 is 0 Å². The van der Waals surface area contributed by atoms with Crippen molar-refractivity contribution in [3.05, 3.63) is 50.2 Å². The summed E-state index contributed by atoms with van der Waals surface area (Å²) in [7, 11) is 0. The van der Waals surface area contributed by atoms with Crippen molar-refractivity contribution >= 4 is 31.9 Å². The molecule has 0 saturated heterocycles. The van der Waals surface area contributed by atoms with Crippen molar-refractivity contribution in [1.29, 1.82) is 0 Å². The van der Waals surface area contributed by atoms with Crippen molar-refractivity contribution in [2.45, 2.75) is 26.4 Å². The lowest BCUT2D eigenvalue weighted by molar-refractivity contribution is 0.540. The molecule has 6 heteroatoms. The molecule has 19 heavy (non-hydrogen) atoms. The Kier molecular flexibility index (Phi) is 4.78. The van der Waals surface area contributed by atoms with Gasteiger partial charge in [-0.1, -0.05) is 22.0 Å². The number of rotatable bonds is 4. The molecule has 0 bridgehead atoms. The van der Waals surface area contributed by atoms with E-state index in [0.29, 0.717) is 0 Å². The van der Waals surface area contributed by atoms with Gasteiger partial charge in [0.1, 0.15) is 0 Å². The quantitative estimate of drug-likeness (QED) is 0.625. The Balaban J connectivity index is 2.52. The summed E-state index contributed by atoms with van der Waals surface area (Å²) in [6.07, 6.45) is 1.80. The fourth-order valence-corrected chi connectivity index (χ4v) is 3.19. The molecule has 3 N–H and O–H groups in total. The fourth-order valence-electron chi connectivity index (χ4n) is 2.19. The number of benzene rings is 1. The Morgan fingerprint density at radius 2 is 2.16 bits per heavy atom. The highest BCUT2D eigenvalue weighted by molar-refractivity contribution is 9.10. The summed E-state index contributed by atoms with van der Waals surface area (Å²) in [6.45, 7) is 4.94. The highest BCUT2D eigenvalue weighted by Gasteiger charge is 2.21. The first-order valence-electron chi connectivity index (χ1n) is 6.01. The van der Waals surface area contributed by atoms with Crippen molar-refractivity contribution in [1.82, 2.24) is 15.2 Å². The first-order valence-corrected chi connectivity index (χ1v) is 7.60. The molecule has 0 radical (unpaired) electrons. The van der Waals surface area contributed by atoms with Crippen LogP contribution in [-0.2, 0) is 6.54 Å². The monoisotopic (exact) mass is 386 g/mol. The van der Waals surface area contributed by atoms with Crippen LogP contribution in [0.15, 0.2) is 33.3 Å². The van der Waals surface area contributed by atoms with Gasteiger partial charge >= 0.3 is 0 Å². The highest BCUT2D eigenvalue weighted by Crippen LogP contribution is 2.30. The predicted octanol–water partition coefficient (Wildman–Crippen LogP) is 3.29. The minimum Gasteiger partial charge on any atom is -0.271 e. The molecule has 0 spiro atoms. The van der Waals surface area contributed by atoms with Crippen molar-refractivity contribution in [2.24, 2.45) is 5.84 Å². The molecule has 0 saturated carbocycles. The smallest absolute Gasteiger partial charge is 0.0892 e. The predicted molar refractivity (Wildman–Crippen MR) is 83.6 cm³/mol. The Morgan fingerprint density at radius 3 is 2.74 bits per heavy atom. The molecule has 4 nitrogen and oxygen atoms in total. The number of aryl methyl sites for hydroxylation is 2. The second kappa shape index (κ2) is 6.17. The number of nitrogens with one attached hydrogen (secondary N) is 1. The van der Waals surface area contributed by atoms with Crippen molar-refractivity contribution in [2.75, 3.05) is 0 Å². The summed E-state index contributed by atoms with van der Waals surface area (Å²) >= 11 is 7.03. The zero-order valence-electron chi connectivity index (χ0n) is 10.8. The first kappa shape index (κ1) is 14.7. The molecular weight excluding hydrogens is 372 g/mol. The molecular formula is C13H16Br2N4. The average molecular weight is 388 g/mol. The van der Waals surface area contributed by atoms with Gasteiger partial charge in [0.2, 0.25) is 0 Å². The summed E-state index contributed by atoms with van der Waals surface area (Å²) < 4.78 is 3.96. The van der Waals surface area contributed by atoms with Crippen LogP contribution in [0.2, 0.25) is 0 Å². The summed E-state index contributed by atoms with van der Waals surface area (Å²) in [5, 5.41) is 4.34. The van der Waals surface area contributed by atoms with E-state index in [1.165, 1.54) is 5.56 Å². The molecule has 0 fully saturated rings. The number of halogens is 2. The lowest BCUT2D eigenvalue weighted by Crippen LogP contribution is -2.31. The maximum Gasteiger partial charge on any atom is 0.0892 e. The Morgan fingerprint density at radius 1 is 1.42 bits per heavy atom. The summed E-state index contributed by atoms with van der Waals surface area (Å²) in [4.78, 5) is 0. The second-order valence-electron chi connectivity index (χ2n) is 4.29. The largest absolute Gasteiger partial charge is 0.271 e. The standard InChI is InChI=1S/C13H16Br2N4/c1-3-19-13(11(15)7-17-19)12(18-16)10-5-4-9(14)6-8(10)2/h4-7,12,18H,3,16H2,1-2H3. The molecule has 1 heterocycles. The van der Waals surface area contributed by atoms with Gasteiger partial charge in [-0.25, -0.2) is 5.43 Å². The highest BCUT2D eigenvalue weighted by atomic mass is 79.9. The molecule has 0 aliphatic carbocycles. The summed E-state index contributed by atoms with van der Waals surface area (Å²) in [5.41, 5.74) is 6.24. The van der Waals surface area contributed by atoms with Crippen LogP contribution >= 0.6 is 31.9 Å². The Hall–Kier alpha value is -0.690. The minimum atomic E-state index is -0.0927. The Labute approximate surface area is 129 Å². The van der Waals surface area contributed by atoms with E-state index in [1.807, 2.05) is 10.7 Å². The van der Waals surface area contributed by atoms with E-state index in [1.54, 1.807) is 6.20 Å². The number of nitrogens with two attached hydrogens (primary N) is 1. The van der Waals surface area contributed by atoms with E-state index in [0.717, 1.165) is 26.7 Å². The molecule has 0 aliphatic heterocycles. The lowest BCUT2D eigenvalue weighted by atomic mass is 9.99. The summed E-state index contributed by atoms with van der Waals surface area (Å²) in [5.74, 6) is 5.77. The van der Waals surface area contributed by atoms with Crippen molar-refractivity contribution in [3.8, 4) is 0 Å². The maximum absolute atomic E-state index is 5.77. The van der Waals surface area contributed by atoms with Gasteiger partial charge in [-0.15, -0.1) is 0 Å². The summed E-state index contributed by atoms with van der Waals surface area (Å²) in [6, 6.07) is 6.08. The van der Waals surface area contributed by atoms with Crippen LogP contribution in [0.4, 0.5) is 0 Å². The molecule has 1 unspecified atom stereocenters. The van der Waals surface area contributed by atoms with E-state index in [-0.39, 0.29) is 6.04 Å². The van der Waals surface area contributed by atoms with Crippen LogP contribution < -0.4 is 11.3 Å². The molecule has 0 amide bonds. The molecule has 102 valence electrons. The van der Waals surface area contributed by atoms with E-state index in [4.69, 9.17) is 5.84 Å².